The molecule has 1 heterocycles. The van der Waals surface area contributed by atoms with Gasteiger partial charge in [-0.3, -0.25) is 0 Å². The van der Waals surface area contributed by atoms with E-state index in [1.165, 1.54) is 0 Å². The zero-order chi connectivity index (χ0) is 14.7. The molecule has 0 aliphatic heterocycles. The third kappa shape index (κ3) is 2.53. The van der Waals surface area contributed by atoms with Crippen LogP contribution >= 0.6 is 15.9 Å². The summed E-state index contributed by atoms with van der Waals surface area (Å²) >= 11 is 3.33. The zero-order valence-corrected chi connectivity index (χ0v) is 13.1. The van der Waals surface area contributed by atoms with Crippen molar-refractivity contribution in [2.24, 2.45) is 0 Å². The van der Waals surface area contributed by atoms with Crippen molar-refractivity contribution in [2.45, 2.75) is 6.54 Å². The fourth-order valence-electron chi connectivity index (χ4n) is 1.95. The molecule has 6 nitrogen and oxygen atoms in total. The Bertz CT molecular complexity index is 613. The summed E-state index contributed by atoms with van der Waals surface area (Å²) in [5.74, 6) is 2.33. The van der Waals surface area contributed by atoms with E-state index in [4.69, 9.17) is 19.9 Å². The molecule has 0 spiro atoms. The maximum absolute atomic E-state index is 5.93. The Labute approximate surface area is 125 Å². The van der Waals surface area contributed by atoms with Crippen molar-refractivity contribution >= 4 is 21.7 Å². The van der Waals surface area contributed by atoms with Gasteiger partial charge in [0.05, 0.1) is 38.5 Å². The predicted molar refractivity (Wildman–Crippen MR) is 79.5 cm³/mol. The summed E-state index contributed by atoms with van der Waals surface area (Å²) in [5.41, 5.74) is 6.82. The average molecular weight is 342 g/mol. The van der Waals surface area contributed by atoms with Crippen LogP contribution in [0.3, 0.4) is 0 Å². The fourth-order valence-corrected chi connectivity index (χ4v) is 2.24. The van der Waals surface area contributed by atoms with Gasteiger partial charge in [0.25, 0.3) is 0 Å². The van der Waals surface area contributed by atoms with Gasteiger partial charge in [-0.2, -0.15) is 5.10 Å². The Kier molecular flexibility index (Phi) is 4.39. The van der Waals surface area contributed by atoms with Crippen LogP contribution in [0.4, 0.5) is 5.82 Å². The van der Waals surface area contributed by atoms with Gasteiger partial charge in [-0.05, 0) is 28.1 Å². The highest BCUT2D eigenvalue weighted by atomic mass is 79.9. The molecule has 0 amide bonds. The molecule has 0 aliphatic rings. The molecule has 0 radical (unpaired) electrons. The topological polar surface area (TPSA) is 71.5 Å². The summed E-state index contributed by atoms with van der Waals surface area (Å²) in [6.45, 7) is 0.473. The molecule has 0 saturated heterocycles. The lowest BCUT2D eigenvalue weighted by atomic mass is 10.1. The number of ether oxygens (including phenoxy) is 3. The number of nitrogens with zero attached hydrogens (tertiary/aromatic N) is 2. The Morgan fingerprint density at radius 1 is 1.15 bits per heavy atom. The maximum Gasteiger partial charge on any atom is 0.203 e. The van der Waals surface area contributed by atoms with Crippen LogP contribution < -0.4 is 19.9 Å². The number of methoxy groups -OCH3 is 3. The van der Waals surface area contributed by atoms with Gasteiger partial charge in [-0.1, -0.05) is 0 Å². The van der Waals surface area contributed by atoms with E-state index in [9.17, 15) is 0 Å². The summed E-state index contributed by atoms with van der Waals surface area (Å²) in [6, 6.07) is 3.72. The van der Waals surface area contributed by atoms with Gasteiger partial charge in [0.15, 0.2) is 11.5 Å². The monoisotopic (exact) mass is 341 g/mol. The van der Waals surface area contributed by atoms with Crippen molar-refractivity contribution in [1.82, 2.24) is 9.78 Å². The Balaban J connectivity index is 2.44. The first-order chi connectivity index (χ1) is 9.62. The van der Waals surface area contributed by atoms with E-state index >= 15 is 0 Å². The molecule has 0 bridgehead atoms. The molecule has 0 aliphatic carbocycles. The minimum Gasteiger partial charge on any atom is -0.493 e. The number of aromatic nitrogens is 2. The van der Waals surface area contributed by atoms with E-state index in [1.807, 2.05) is 12.1 Å². The molecule has 2 N–H and O–H groups in total. The molecule has 7 heteroatoms. The van der Waals surface area contributed by atoms with Crippen LogP contribution in [-0.2, 0) is 6.54 Å². The van der Waals surface area contributed by atoms with Crippen molar-refractivity contribution in [1.29, 1.82) is 0 Å². The van der Waals surface area contributed by atoms with E-state index in [0.717, 1.165) is 10.0 Å². The number of benzene rings is 1. The molecule has 2 aromatic rings. The van der Waals surface area contributed by atoms with Gasteiger partial charge in [0.2, 0.25) is 5.75 Å². The molecule has 20 heavy (non-hydrogen) atoms. The van der Waals surface area contributed by atoms with Gasteiger partial charge < -0.3 is 19.9 Å². The summed E-state index contributed by atoms with van der Waals surface area (Å²) in [6.07, 6.45) is 1.66. The lowest BCUT2D eigenvalue weighted by Crippen LogP contribution is -2.08. The highest BCUT2D eigenvalue weighted by Gasteiger charge is 2.17. The van der Waals surface area contributed by atoms with Crippen molar-refractivity contribution < 1.29 is 14.2 Å². The van der Waals surface area contributed by atoms with E-state index in [0.29, 0.717) is 29.6 Å². The van der Waals surface area contributed by atoms with Crippen LogP contribution in [0.2, 0.25) is 0 Å². The van der Waals surface area contributed by atoms with E-state index in [-0.39, 0.29) is 0 Å². The SMILES string of the molecule is COc1ccc(Cn2ncc(Br)c2N)c(OC)c1OC. The van der Waals surface area contributed by atoms with Gasteiger partial charge in [0.1, 0.15) is 5.82 Å². The Morgan fingerprint density at radius 3 is 2.35 bits per heavy atom. The van der Waals surface area contributed by atoms with Crippen LogP contribution in [0.5, 0.6) is 17.2 Å². The molecular weight excluding hydrogens is 326 g/mol. The first-order valence-corrected chi connectivity index (χ1v) is 6.66. The lowest BCUT2D eigenvalue weighted by molar-refractivity contribution is 0.321. The number of nitrogens with two attached hydrogens (primary N) is 1. The molecule has 1 aromatic heterocycles. The molecule has 108 valence electrons. The smallest absolute Gasteiger partial charge is 0.203 e. The average Bonchev–Trinajstić information content (AvgIpc) is 2.78. The molecule has 1 aromatic carbocycles. The first-order valence-electron chi connectivity index (χ1n) is 5.87. The first kappa shape index (κ1) is 14.5. The second-order valence-corrected chi connectivity index (χ2v) is 4.88. The summed E-state index contributed by atoms with van der Waals surface area (Å²) in [4.78, 5) is 0. The largest absolute Gasteiger partial charge is 0.493 e. The third-order valence-corrected chi connectivity index (χ3v) is 3.55. The fraction of sp³-hybridized carbons (Fsp3) is 0.308. The van der Waals surface area contributed by atoms with E-state index < -0.39 is 0 Å². The van der Waals surface area contributed by atoms with Gasteiger partial charge >= 0.3 is 0 Å². The van der Waals surface area contributed by atoms with Crippen molar-refractivity contribution in [2.75, 3.05) is 27.1 Å². The number of rotatable bonds is 5. The highest BCUT2D eigenvalue weighted by molar-refractivity contribution is 9.10. The Morgan fingerprint density at radius 2 is 1.85 bits per heavy atom. The van der Waals surface area contributed by atoms with E-state index in [2.05, 4.69) is 21.0 Å². The van der Waals surface area contributed by atoms with Gasteiger partial charge in [0, 0.05) is 5.56 Å². The van der Waals surface area contributed by atoms with Crippen LogP contribution in [0.1, 0.15) is 5.56 Å². The molecule has 0 atom stereocenters. The maximum atomic E-state index is 5.93. The van der Waals surface area contributed by atoms with Crippen LogP contribution in [0.15, 0.2) is 22.8 Å². The molecule has 0 fully saturated rings. The number of hydrogen-bond donors (Lipinski definition) is 1. The Hall–Kier alpha value is -1.89. The number of hydrogen-bond acceptors (Lipinski definition) is 5. The molecule has 0 saturated carbocycles. The van der Waals surface area contributed by atoms with Gasteiger partial charge in [-0.25, -0.2) is 4.68 Å². The molecular formula is C13H16BrN3O3. The van der Waals surface area contributed by atoms with Crippen LogP contribution in [0, 0.1) is 0 Å². The number of halogens is 1. The lowest BCUT2D eigenvalue weighted by Gasteiger charge is -2.16. The second-order valence-electron chi connectivity index (χ2n) is 4.03. The summed E-state index contributed by atoms with van der Waals surface area (Å²) < 4.78 is 18.5. The molecule has 2 rings (SSSR count). The van der Waals surface area contributed by atoms with Crippen LogP contribution in [0.25, 0.3) is 0 Å². The third-order valence-electron chi connectivity index (χ3n) is 2.94. The second kappa shape index (κ2) is 6.04. The standard InChI is InChI=1S/C13H16BrN3O3/c1-18-10-5-4-8(11(19-2)12(10)20-3)7-17-13(15)9(14)6-16-17/h4-6H,7,15H2,1-3H3. The quantitative estimate of drug-likeness (QED) is 0.903. The normalized spacial score (nSPS) is 10.4. The zero-order valence-electron chi connectivity index (χ0n) is 11.5. The number of anilines is 1. The predicted octanol–water partition coefficient (Wildman–Crippen LogP) is 2.30. The number of nitrogen functional groups attached to an aromatic ring is 1. The summed E-state index contributed by atoms with van der Waals surface area (Å²) in [5, 5.41) is 4.20. The van der Waals surface area contributed by atoms with Gasteiger partial charge in [-0.15, -0.1) is 0 Å². The highest BCUT2D eigenvalue weighted by Crippen LogP contribution is 2.40. The summed E-state index contributed by atoms with van der Waals surface area (Å²) in [7, 11) is 4.74. The van der Waals surface area contributed by atoms with Crippen LogP contribution in [-0.4, -0.2) is 31.1 Å². The van der Waals surface area contributed by atoms with Crippen molar-refractivity contribution in [3.8, 4) is 17.2 Å². The molecule has 0 unspecified atom stereocenters. The minimum atomic E-state index is 0.473. The van der Waals surface area contributed by atoms with E-state index in [1.54, 1.807) is 32.2 Å². The van der Waals surface area contributed by atoms with Crippen molar-refractivity contribution in [3.05, 3.63) is 28.4 Å². The minimum absolute atomic E-state index is 0.473. The van der Waals surface area contributed by atoms with Crippen molar-refractivity contribution in [3.63, 3.8) is 0 Å².